The van der Waals surface area contributed by atoms with Crippen molar-refractivity contribution >= 4 is 11.8 Å². The lowest BCUT2D eigenvalue weighted by molar-refractivity contribution is -0.122. The van der Waals surface area contributed by atoms with Crippen molar-refractivity contribution < 1.29 is 9.59 Å². The Bertz CT molecular complexity index is 246. The third-order valence-electron chi connectivity index (χ3n) is 2.70. The molecule has 0 aliphatic rings. The van der Waals surface area contributed by atoms with E-state index in [4.69, 9.17) is 5.84 Å². The van der Waals surface area contributed by atoms with Gasteiger partial charge in [0.1, 0.15) is 0 Å². The molecule has 0 saturated heterocycles. The summed E-state index contributed by atoms with van der Waals surface area (Å²) in [7, 11) is 0. The number of hydrazine groups is 1. The van der Waals surface area contributed by atoms with E-state index in [-0.39, 0.29) is 17.9 Å². The van der Waals surface area contributed by atoms with E-state index < -0.39 is 0 Å². The maximum atomic E-state index is 11.5. The fourth-order valence-electron chi connectivity index (χ4n) is 1.61. The van der Waals surface area contributed by atoms with Gasteiger partial charge in [0, 0.05) is 19.0 Å². The normalized spacial score (nSPS) is 12.3. The molecule has 0 aromatic carbocycles. The molecule has 0 aromatic heterocycles. The number of nitrogens with two attached hydrogens (primary N) is 1. The van der Waals surface area contributed by atoms with E-state index in [1.165, 1.54) is 0 Å². The Labute approximate surface area is 103 Å². The SMILES string of the molecule is CCNC(=O)CN(CC)C(C)CCC(=O)NN. The number of carbonyl (C=O) groups is 2. The topological polar surface area (TPSA) is 87.5 Å². The Morgan fingerprint density at radius 3 is 2.41 bits per heavy atom. The summed E-state index contributed by atoms with van der Waals surface area (Å²) in [6, 6.07) is 0.180. The molecule has 0 aromatic rings. The van der Waals surface area contributed by atoms with Gasteiger partial charge in [-0.1, -0.05) is 6.92 Å². The predicted octanol–water partition coefficient (Wildman–Crippen LogP) is -0.397. The van der Waals surface area contributed by atoms with Gasteiger partial charge in [-0.3, -0.25) is 19.9 Å². The Kier molecular flexibility index (Phi) is 8.35. The van der Waals surface area contributed by atoms with Crippen molar-refractivity contribution in [1.29, 1.82) is 0 Å². The molecule has 0 rings (SSSR count). The lowest BCUT2D eigenvalue weighted by Crippen LogP contribution is -2.42. The molecule has 0 bridgehead atoms. The summed E-state index contributed by atoms with van der Waals surface area (Å²) in [6.45, 7) is 7.69. The van der Waals surface area contributed by atoms with Crippen LogP contribution in [-0.4, -0.2) is 42.4 Å². The number of hydrogen-bond acceptors (Lipinski definition) is 4. The van der Waals surface area contributed by atoms with Crippen LogP contribution in [0.3, 0.4) is 0 Å². The van der Waals surface area contributed by atoms with E-state index in [9.17, 15) is 9.59 Å². The highest BCUT2D eigenvalue weighted by molar-refractivity contribution is 5.78. The highest BCUT2D eigenvalue weighted by atomic mass is 16.2. The summed E-state index contributed by atoms with van der Waals surface area (Å²) in [4.78, 5) is 24.5. The van der Waals surface area contributed by atoms with E-state index in [1.54, 1.807) is 0 Å². The van der Waals surface area contributed by atoms with Gasteiger partial charge >= 0.3 is 0 Å². The first-order valence-electron chi connectivity index (χ1n) is 6.05. The third-order valence-corrected chi connectivity index (χ3v) is 2.70. The maximum Gasteiger partial charge on any atom is 0.234 e. The molecule has 0 aliphatic heterocycles. The second kappa shape index (κ2) is 8.95. The van der Waals surface area contributed by atoms with Gasteiger partial charge in [0.25, 0.3) is 0 Å². The first kappa shape index (κ1) is 15.9. The smallest absolute Gasteiger partial charge is 0.234 e. The van der Waals surface area contributed by atoms with Gasteiger partial charge in [0.05, 0.1) is 6.54 Å². The molecule has 6 nitrogen and oxygen atoms in total. The lowest BCUT2D eigenvalue weighted by atomic mass is 10.1. The standard InChI is InChI=1S/C11H24N4O2/c1-4-13-11(17)8-15(5-2)9(3)6-7-10(16)14-12/h9H,4-8,12H2,1-3H3,(H,13,17)(H,14,16). The van der Waals surface area contributed by atoms with Crippen LogP contribution >= 0.6 is 0 Å². The van der Waals surface area contributed by atoms with E-state index in [0.29, 0.717) is 25.9 Å². The molecular weight excluding hydrogens is 220 g/mol. The van der Waals surface area contributed by atoms with Crippen molar-refractivity contribution in [1.82, 2.24) is 15.6 Å². The molecule has 4 N–H and O–H groups in total. The van der Waals surface area contributed by atoms with Crippen LogP contribution in [0.5, 0.6) is 0 Å². The number of rotatable bonds is 8. The van der Waals surface area contributed by atoms with Crippen LogP contribution in [-0.2, 0) is 9.59 Å². The summed E-state index contributed by atoms with van der Waals surface area (Å²) < 4.78 is 0. The number of hydrogen-bond donors (Lipinski definition) is 3. The highest BCUT2D eigenvalue weighted by Crippen LogP contribution is 2.05. The minimum Gasteiger partial charge on any atom is -0.355 e. The van der Waals surface area contributed by atoms with E-state index in [2.05, 4.69) is 10.7 Å². The van der Waals surface area contributed by atoms with Gasteiger partial charge in [-0.25, -0.2) is 5.84 Å². The van der Waals surface area contributed by atoms with Gasteiger partial charge in [-0.05, 0) is 26.8 Å². The van der Waals surface area contributed by atoms with Crippen LogP contribution in [0.25, 0.3) is 0 Å². The molecule has 0 aliphatic carbocycles. The first-order valence-corrected chi connectivity index (χ1v) is 6.05. The number of carbonyl (C=O) groups excluding carboxylic acids is 2. The average Bonchev–Trinajstić information content (AvgIpc) is 2.32. The molecule has 100 valence electrons. The zero-order chi connectivity index (χ0) is 13.3. The molecule has 6 heteroatoms. The average molecular weight is 244 g/mol. The largest absolute Gasteiger partial charge is 0.355 e. The zero-order valence-corrected chi connectivity index (χ0v) is 11.0. The van der Waals surface area contributed by atoms with Crippen LogP contribution in [0.2, 0.25) is 0 Å². The number of amides is 2. The summed E-state index contributed by atoms with van der Waals surface area (Å²) in [6.07, 6.45) is 1.07. The Balaban J connectivity index is 4.07. The highest BCUT2D eigenvalue weighted by Gasteiger charge is 2.16. The van der Waals surface area contributed by atoms with E-state index >= 15 is 0 Å². The Morgan fingerprint density at radius 1 is 1.29 bits per heavy atom. The molecule has 0 radical (unpaired) electrons. The molecule has 17 heavy (non-hydrogen) atoms. The number of nitrogens with zero attached hydrogens (tertiary/aromatic N) is 1. The van der Waals surface area contributed by atoms with E-state index in [0.717, 1.165) is 6.54 Å². The van der Waals surface area contributed by atoms with Crippen molar-refractivity contribution in [3.05, 3.63) is 0 Å². The predicted molar refractivity (Wildman–Crippen MR) is 67.0 cm³/mol. The van der Waals surface area contributed by atoms with Crippen LogP contribution in [0, 0.1) is 0 Å². The van der Waals surface area contributed by atoms with Gasteiger partial charge in [0.15, 0.2) is 0 Å². The van der Waals surface area contributed by atoms with Crippen molar-refractivity contribution in [3.63, 3.8) is 0 Å². The molecule has 1 atom stereocenters. The molecule has 0 heterocycles. The van der Waals surface area contributed by atoms with Crippen molar-refractivity contribution in [2.24, 2.45) is 5.84 Å². The summed E-state index contributed by atoms with van der Waals surface area (Å²) in [5, 5.41) is 2.76. The quantitative estimate of drug-likeness (QED) is 0.308. The van der Waals surface area contributed by atoms with Gasteiger partial charge in [-0.2, -0.15) is 0 Å². The minimum atomic E-state index is -0.175. The molecular formula is C11H24N4O2. The fourth-order valence-corrected chi connectivity index (χ4v) is 1.61. The van der Waals surface area contributed by atoms with Crippen molar-refractivity contribution in [2.75, 3.05) is 19.6 Å². The van der Waals surface area contributed by atoms with Gasteiger partial charge in [0.2, 0.25) is 11.8 Å². The van der Waals surface area contributed by atoms with Crippen molar-refractivity contribution in [2.45, 2.75) is 39.7 Å². The zero-order valence-electron chi connectivity index (χ0n) is 11.0. The van der Waals surface area contributed by atoms with E-state index in [1.807, 2.05) is 25.7 Å². The molecule has 2 amide bonds. The second-order valence-corrected chi connectivity index (χ2v) is 3.97. The maximum absolute atomic E-state index is 11.5. The van der Waals surface area contributed by atoms with Gasteiger partial charge < -0.3 is 5.32 Å². The number of nitrogens with one attached hydrogen (secondary N) is 2. The van der Waals surface area contributed by atoms with Crippen LogP contribution in [0.1, 0.15) is 33.6 Å². The summed E-state index contributed by atoms with van der Waals surface area (Å²) in [5.74, 6) is 4.85. The summed E-state index contributed by atoms with van der Waals surface area (Å²) in [5.41, 5.74) is 2.10. The molecule has 0 fully saturated rings. The summed E-state index contributed by atoms with van der Waals surface area (Å²) >= 11 is 0. The fraction of sp³-hybridized carbons (Fsp3) is 0.818. The Morgan fingerprint density at radius 2 is 1.94 bits per heavy atom. The Hall–Kier alpha value is -1.14. The monoisotopic (exact) mass is 244 g/mol. The lowest BCUT2D eigenvalue weighted by Gasteiger charge is -2.26. The van der Waals surface area contributed by atoms with Crippen LogP contribution in [0.15, 0.2) is 0 Å². The van der Waals surface area contributed by atoms with Crippen LogP contribution in [0.4, 0.5) is 0 Å². The molecule has 0 saturated carbocycles. The molecule has 0 spiro atoms. The molecule has 1 unspecified atom stereocenters. The number of likely N-dealkylation sites (N-methyl/N-ethyl adjacent to an activating group) is 2. The first-order chi connectivity index (χ1) is 8.04. The van der Waals surface area contributed by atoms with Gasteiger partial charge in [-0.15, -0.1) is 0 Å². The van der Waals surface area contributed by atoms with Crippen molar-refractivity contribution in [3.8, 4) is 0 Å². The second-order valence-electron chi connectivity index (χ2n) is 3.97. The van der Waals surface area contributed by atoms with Crippen LogP contribution < -0.4 is 16.6 Å². The third kappa shape index (κ3) is 6.91. The minimum absolute atomic E-state index is 0.0180.